The van der Waals surface area contributed by atoms with Gasteiger partial charge in [0.15, 0.2) is 11.4 Å². The van der Waals surface area contributed by atoms with Gasteiger partial charge in [-0.2, -0.15) is 0 Å². The van der Waals surface area contributed by atoms with Gasteiger partial charge in [-0.25, -0.2) is 0 Å². The lowest BCUT2D eigenvalue weighted by atomic mass is 9.56. The molecule has 1 amide bonds. The van der Waals surface area contributed by atoms with E-state index in [9.17, 15) is 34.8 Å². The van der Waals surface area contributed by atoms with Crippen LogP contribution >= 0.6 is 0 Å². The molecule has 3 aliphatic carbocycles. The van der Waals surface area contributed by atoms with E-state index in [2.05, 4.69) is 4.90 Å². The van der Waals surface area contributed by atoms with Crippen LogP contribution in [0.1, 0.15) is 60.0 Å². The lowest BCUT2D eigenvalue weighted by Crippen LogP contribution is -2.64. The Kier molecular flexibility index (Phi) is 6.40. The maximum absolute atomic E-state index is 13.9. The molecule has 5 rings (SSSR count). The molecule has 204 valence electrons. The molecular weight excluding hydrogens is 490 g/mol. The number of phenolic OH excluding ortho intramolecular Hbond substituents is 1. The Morgan fingerprint density at radius 1 is 1.13 bits per heavy atom. The maximum Gasteiger partial charge on any atom is 0.255 e. The minimum absolute atomic E-state index is 0.0628. The first-order valence-electron chi connectivity index (χ1n) is 13.1. The lowest BCUT2D eigenvalue weighted by molar-refractivity contribution is -0.148. The molecule has 6 N–H and O–H groups in total. The number of nitrogens with two attached hydrogens (primary N) is 1. The number of Topliss-reactive ketones (excluding diaryl/α,β-unsaturated/α-hetero) is 2. The number of aliphatic hydroxyl groups excluding tert-OH is 2. The Labute approximate surface area is 221 Å². The number of primary amides is 1. The predicted octanol–water partition coefficient (Wildman–Crippen LogP) is 1.67. The number of aliphatic hydroxyl groups is 3. The van der Waals surface area contributed by atoms with Gasteiger partial charge >= 0.3 is 0 Å². The lowest BCUT2D eigenvalue weighted by Gasteiger charge is -2.51. The Morgan fingerprint density at radius 2 is 1.79 bits per heavy atom. The summed E-state index contributed by atoms with van der Waals surface area (Å²) >= 11 is 0. The number of likely N-dealkylation sites (N-methyl/N-ethyl adjacent to an activating group) is 1. The van der Waals surface area contributed by atoms with Crippen LogP contribution in [0.3, 0.4) is 0 Å². The van der Waals surface area contributed by atoms with Crippen LogP contribution in [-0.4, -0.2) is 86.5 Å². The number of fused-ring (bicyclic) bond motifs is 3. The van der Waals surface area contributed by atoms with Crippen molar-refractivity contribution in [2.24, 2.45) is 17.6 Å². The summed E-state index contributed by atoms with van der Waals surface area (Å²) in [7, 11) is 3.22. The fourth-order valence-corrected chi connectivity index (χ4v) is 7.08. The molecule has 1 heterocycles. The van der Waals surface area contributed by atoms with Gasteiger partial charge in [0.05, 0.1) is 11.6 Å². The third-order valence-electron chi connectivity index (χ3n) is 9.03. The van der Waals surface area contributed by atoms with Crippen molar-refractivity contribution in [3.63, 3.8) is 0 Å². The van der Waals surface area contributed by atoms with Crippen LogP contribution in [0.2, 0.25) is 0 Å². The van der Waals surface area contributed by atoms with Crippen molar-refractivity contribution in [3.8, 4) is 5.75 Å². The van der Waals surface area contributed by atoms with Crippen molar-refractivity contribution in [2.75, 3.05) is 27.2 Å². The van der Waals surface area contributed by atoms with E-state index in [-0.39, 0.29) is 29.2 Å². The number of hydrogen-bond donors (Lipinski definition) is 5. The zero-order valence-corrected chi connectivity index (χ0v) is 21.9. The molecule has 0 spiro atoms. The van der Waals surface area contributed by atoms with E-state index >= 15 is 0 Å². The number of amides is 1. The summed E-state index contributed by atoms with van der Waals surface area (Å²) in [5.74, 6) is -6.67. The van der Waals surface area contributed by atoms with Gasteiger partial charge < -0.3 is 26.2 Å². The molecule has 1 aromatic carbocycles. The molecule has 1 aromatic rings. The highest BCUT2D eigenvalue weighted by molar-refractivity contribution is 6.24. The number of phenols is 1. The first-order valence-corrected chi connectivity index (χ1v) is 13.1. The van der Waals surface area contributed by atoms with Crippen LogP contribution in [0.25, 0.3) is 0 Å². The molecule has 0 radical (unpaired) electrons. The first-order chi connectivity index (χ1) is 17.9. The fourth-order valence-electron chi connectivity index (χ4n) is 7.08. The zero-order chi connectivity index (χ0) is 27.7. The van der Waals surface area contributed by atoms with Crippen molar-refractivity contribution in [1.29, 1.82) is 0 Å². The van der Waals surface area contributed by atoms with E-state index in [0.717, 1.165) is 25.9 Å². The van der Waals surface area contributed by atoms with Crippen molar-refractivity contribution < 1.29 is 34.8 Å². The highest BCUT2D eigenvalue weighted by atomic mass is 16.3. The van der Waals surface area contributed by atoms with Gasteiger partial charge in [0.25, 0.3) is 5.91 Å². The van der Waals surface area contributed by atoms with Crippen molar-refractivity contribution in [1.82, 2.24) is 9.80 Å². The summed E-state index contributed by atoms with van der Waals surface area (Å²) in [4.78, 5) is 43.2. The second-order valence-corrected chi connectivity index (χ2v) is 11.3. The maximum atomic E-state index is 13.9. The number of ketones is 2. The van der Waals surface area contributed by atoms with Crippen molar-refractivity contribution in [3.05, 3.63) is 51.5 Å². The molecule has 1 fully saturated rings. The van der Waals surface area contributed by atoms with Crippen LogP contribution in [0.5, 0.6) is 5.75 Å². The minimum Gasteiger partial charge on any atom is -0.510 e. The first kappa shape index (κ1) is 26.4. The molecule has 5 atom stereocenters. The number of rotatable bonds is 4. The standard InChI is InChI=1S/C28H35N3O7/c1-13-15-8-7-14(12-31-9-5-4-6-10-31)22(32)18(15)23(33)19-16(13)11-17-21(30(2)3)24(34)20(27(29)37)26(36)28(17,38)25(19)35/h7-8,13,16-17,21,32,34-35,38H,4-6,9-12H2,1-3H3,(H2,29,37)/t13-,16+,17-,21-,28-/m0/s1. The average Bonchev–Trinajstić information content (AvgIpc) is 2.86. The van der Waals surface area contributed by atoms with Gasteiger partial charge in [0, 0.05) is 23.6 Å². The SMILES string of the molecule is C[C@H]1c2ccc(CN3CCCCC3)c(O)c2C(=O)C2=C(O)[C@]3(O)C(=O)C(C(N)=O)=C(O)[C@@H](N(C)C)[C@@H]3C[C@@H]21. The number of likely N-dealkylation sites (tertiary alicyclic amines) is 1. The summed E-state index contributed by atoms with van der Waals surface area (Å²) in [6.07, 6.45) is 3.38. The monoisotopic (exact) mass is 525 g/mol. The highest BCUT2D eigenvalue weighted by Gasteiger charge is 2.63. The van der Waals surface area contributed by atoms with Gasteiger partial charge in [-0.3, -0.25) is 24.2 Å². The van der Waals surface area contributed by atoms with E-state index in [4.69, 9.17) is 5.73 Å². The summed E-state index contributed by atoms with van der Waals surface area (Å²) < 4.78 is 0. The number of piperidine rings is 1. The minimum atomic E-state index is -2.63. The zero-order valence-electron chi connectivity index (χ0n) is 21.9. The molecule has 1 aliphatic heterocycles. The Bertz CT molecular complexity index is 1290. The Balaban J connectivity index is 1.64. The molecule has 38 heavy (non-hydrogen) atoms. The number of nitrogens with zero attached hydrogens (tertiary/aromatic N) is 2. The van der Waals surface area contributed by atoms with E-state index in [1.54, 1.807) is 19.0 Å². The van der Waals surface area contributed by atoms with E-state index in [1.165, 1.54) is 6.42 Å². The summed E-state index contributed by atoms with van der Waals surface area (Å²) in [6.45, 7) is 4.16. The predicted molar refractivity (Wildman–Crippen MR) is 138 cm³/mol. The number of aromatic hydroxyl groups is 1. The van der Waals surface area contributed by atoms with Crippen molar-refractivity contribution >= 4 is 17.5 Å². The largest absolute Gasteiger partial charge is 0.510 e. The third-order valence-corrected chi connectivity index (χ3v) is 9.03. The molecule has 0 bridgehead atoms. The number of benzene rings is 1. The van der Waals surface area contributed by atoms with Gasteiger partial charge in [0.1, 0.15) is 22.8 Å². The molecule has 0 saturated carbocycles. The smallest absolute Gasteiger partial charge is 0.255 e. The van der Waals surface area contributed by atoms with E-state index < -0.39 is 58.0 Å². The quantitative estimate of drug-likeness (QED) is 0.368. The topological polar surface area (TPSA) is 165 Å². The normalized spacial score (nSPS) is 31.8. The number of allylic oxidation sites excluding steroid dienone is 1. The molecular formula is C28H35N3O7. The van der Waals surface area contributed by atoms with E-state index in [0.29, 0.717) is 17.7 Å². The van der Waals surface area contributed by atoms with Crippen LogP contribution in [-0.2, 0) is 16.1 Å². The second kappa shape index (κ2) is 9.21. The summed E-state index contributed by atoms with van der Waals surface area (Å²) in [5.41, 5.74) is 3.10. The van der Waals surface area contributed by atoms with Crippen LogP contribution < -0.4 is 5.73 Å². The fraction of sp³-hybridized carbons (Fsp3) is 0.536. The second-order valence-electron chi connectivity index (χ2n) is 11.3. The Morgan fingerprint density at radius 3 is 2.39 bits per heavy atom. The molecule has 10 heteroatoms. The Hall–Kier alpha value is -3.21. The van der Waals surface area contributed by atoms with Crippen molar-refractivity contribution in [2.45, 2.75) is 56.7 Å². The van der Waals surface area contributed by atoms with Gasteiger partial charge in [0.2, 0.25) is 5.78 Å². The van der Waals surface area contributed by atoms with Crippen LogP contribution in [0, 0.1) is 11.8 Å². The number of carbonyl (C=O) groups excluding carboxylic acids is 3. The van der Waals surface area contributed by atoms with Crippen LogP contribution in [0.15, 0.2) is 34.8 Å². The summed E-state index contributed by atoms with van der Waals surface area (Å²) in [6, 6.07) is 2.66. The molecule has 0 unspecified atom stereocenters. The third kappa shape index (κ3) is 3.61. The summed E-state index contributed by atoms with van der Waals surface area (Å²) in [5, 5.41) is 45.3. The molecule has 0 aromatic heterocycles. The van der Waals surface area contributed by atoms with Gasteiger partial charge in [-0.1, -0.05) is 25.5 Å². The number of carbonyl (C=O) groups is 3. The van der Waals surface area contributed by atoms with E-state index in [1.807, 2.05) is 19.1 Å². The van der Waals surface area contributed by atoms with Crippen LogP contribution in [0.4, 0.5) is 0 Å². The number of hydrogen-bond acceptors (Lipinski definition) is 9. The van der Waals surface area contributed by atoms with Gasteiger partial charge in [-0.15, -0.1) is 0 Å². The average molecular weight is 526 g/mol. The van der Waals surface area contributed by atoms with Gasteiger partial charge in [-0.05, 0) is 63.8 Å². The molecule has 4 aliphatic rings. The highest BCUT2D eigenvalue weighted by Crippen LogP contribution is 2.55. The molecule has 1 saturated heterocycles. The molecule has 10 nitrogen and oxygen atoms in total.